The molecule has 0 saturated heterocycles. The summed E-state index contributed by atoms with van der Waals surface area (Å²) < 4.78 is 5.71. The summed E-state index contributed by atoms with van der Waals surface area (Å²) in [4.78, 5) is 11.1. The smallest absolute Gasteiger partial charge is 0.309 e. The van der Waals surface area contributed by atoms with Gasteiger partial charge in [-0.3, -0.25) is 4.79 Å². The average Bonchev–Trinajstić information content (AvgIpc) is 2.59. The molecule has 0 heterocycles. The van der Waals surface area contributed by atoms with Crippen molar-refractivity contribution >= 4 is 21.9 Å². The van der Waals surface area contributed by atoms with Gasteiger partial charge in [-0.2, -0.15) is 0 Å². The quantitative estimate of drug-likeness (QED) is 0.476. The summed E-state index contributed by atoms with van der Waals surface area (Å²) in [5, 5.41) is 9.95. The van der Waals surface area contributed by atoms with Crippen LogP contribution in [0.15, 0.2) is 48.5 Å². The summed E-state index contributed by atoms with van der Waals surface area (Å²) in [5.41, 5.74) is 2.88. The van der Waals surface area contributed by atoms with Crippen molar-refractivity contribution in [3.63, 3.8) is 0 Å². The van der Waals surface area contributed by atoms with Gasteiger partial charge in [0.25, 0.3) is 0 Å². The van der Waals surface area contributed by atoms with Gasteiger partial charge in [-0.05, 0) is 55.5 Å². The highest BCUT2D eigenvalue weighted by Crippen LogP contribution is 2.25. The molecule has 2 aromatic rings. The molecule has 3 nitrogen and oxygen atoms in total. The van der Waals surface area contributed by atoms with Gasteiger partial charge in [0.1, 0.15) is 5.75 Å². The maximum atomic E-state index is 11.1. The van der Waals surface area contributed by atoms with E-state index in [-0.39, 0.29) is 0 Å². The lowest BCUT2D eigenvalue weighted by molar-refractivity contribution is -0.147. The molecule has 0 saturated carbocycles. The van der Waals surface area contributed by atoms with Gasteiger partial charge in [-0.1, -0.05) is 52.3 Å². The van der Waals surface area contributed by atoms with Gasteiger partial charge in [0.15, 0.2) is 0 Å². The number of hydrogen-bond donors (Lipinski definition) is 1. The van der Waals surface area contributed by atoms with Crippen LogP contribution in [0, 0.1) is 5.41 Å². The minimum absolute atomic E-state index is 0.524. The summed E-state index contributed by atoms with van der Waals surface area (Å²) in [6.45, 7) is 4.01. The first-order valence-electron chi connectivity index (χ1n) is 8.04. The van der Waals surface area contributed by atoms with E-state index < -0.39 is 11.4 Å². The second kappa shape index (κ2) is 8.34. The molecule has 0 unspecified atom stereocenters. The summed E-state index contributed by atoms with van der Waals surface area (Å²) in [6, 6.07) is 16.4. The lowest BCUT2D eigenvalue weighted by atomic mass is 9.88. The topological polar surface area (TPSA) is 46.5 Å². The Morgan fingerprint density at radius 1 is 1.04 bits per heavy atom. The SMILES string of the molecule is CC(C)(CCCOc1ccc(-c2ccc(CBr)cc2)cc1)C(=O)O. The molecule has 0 fully saturated rings. The summed E-state index contributed by atoms with van der Waals surface area (Å²) in [7, 11) is 0. The van der Waals surface area contributed by atoms with Gasteiger partial charge in [0.2, 0.25) is 0 Å². The first-order chi connectivity index (χ1) is 11.4. The van der Waals surface area contributed by atoms with Crippen LogP contribution < -0.4 is 4.74 Å². The van der Waals surface area contributed by atoms with Gasteiger partial charge in [0.05, 0.1) is 12.0 Å². The van der Waals surface area contributed by atoms with Crippen molar-refractivity contribution in [1.29, 1.82) is 0 Å². The molecule has 0 atom stereocenters. The minimum Gasteiger partial charge on any atom is -0.494 e. The van der Waals surface area contributed by atoms with E-state index in [4.69, 9.17) is 9.84 Å². The Kier molecular flexibility index (Phi) is 6.44. The van der Waals surface area contributed by atoms with Crippen molar-refractivity contribution in [2.24, 2.45) is 5.41 Å². The molecule has 128 valence electrons. The molecule has 1 N–H and O–H groups in total. The van der Waals surface area contributed by atoms with Gasteiger partial charge in [-0.15, -0.1) is 0 Å². The number of carbonyl (C=O) groups is 1. The molecule has 0 amide bonds. The molecular formula is C20H23BrO3. The first kappa shape index (κ1) is 18.5. The number of benzene rings is 2. The number of aliphatic carboxylic acids is 1. The molecule has 0 aliphatic carbocycles. The fourth-order valence-corrected chi connectivity index (χ4v) is 2.71. The predicted octanol–water partition coefficient (Wildman–Crippen LogP) is 5.52. The molecule has 24 heavy (non-hydrogen) atoms. The Hall–Kier alpha value is -1.81. The van der Waals surface area contributed by atoms with Gasteiger partial charge < -0.3 is 9.84 Å². The van der Waals surface area contributed by atoms with E-state index >= 15 is 0 Å². The number of hydrogen-bond acceptors (Lipinski definition) is 2. The third kappa shape index (κ3) is 5.10. The van der Waals surface area contributed by atoms with E-state index in [0.29, 0.717) is 13.0 Å². The Morgan fingerprint density at radius 2 is 1.58 bits per heavy atom. The highest BCUT2D eigenvalue weighted by molar-refractivity contribution is 9.08. The van der Waals surface area contributed by atoms with Crippen molar-refractivity contribution in [1.82, 2.24) is 0 Å². The van der Waals surface area contributed by atoms with Crippen LogP contribution in [-0.4, -0.2) is 17.7 Å². The number of ether oxygens (including phenoxy) is 1. The number of rotatable bonds is 8. The molecule has 0 radical (unpaired) electrons. The van der Waals surface area contributed by atoms with E-state index in [1.165, 1.54) is 11.1 Å². The summed E-state index contributed by atoms with van der Waals surface area (Å²) in [5.74, 6) is 0.0433. The molecule has 2 rings (SSSR count). The summed E-state index contributed by atoms with van der Waals surface area (Å²) in [6.07, 6.45) is 1.31. The van der Waals surface area contributed by atoms with Crippen LogP contribution in [0.4, 0.5) is 0 Å². The fraction of sp³-hybridized carbons (Fsp3) is 0.350. The minimum atomic E-state index is -0.766. The molecule has 0 spiro atoms. The van der Waals surface area contributed by atoms with Crippen LogP contribution in [0.5, 0.6) is 5.75 Å². The van der Waals surface area contributed by atoms with E-state index in [9.17, 15) is 4.79 Å². The van der Waals surface area contributed by atoms with Crippen LogP contribution in [-0.2, 0) is 10.1 Å². The highest BCUT2D eigenvalue weighted by atomic mass is 79.9. The lowest BCUT2D eigenvalue weighted by Gasteiger charge is -2.18. The van der Waals surface area contributed by atoms with Gasteiger partial charge in [-0.25, -0.2) is 0 Å². The second-order valence-corrected chi connectivity index (χ2v) is 7.06. The van der Waals surface area contributed by atoms with Crippen LogP contribution in [0.3, 0.4) is 0 Å². The average molecular weight is 391 g/mol. The maximum Gasteiger partial charge on any atom is 0.309 e. The molecule has 2 aromatic carbocycles. The van der Waals surface area contributed by atoms with Crippen molar-refractivity contribution in [3.05, 3.63) is 54.1 Å². The third-order valence-electron chi connectivity index (χ3n) is 4.09. The fourth-order valence-electron chi connectivity index (χ4n) is 2.34. The zero-order valence-corrected chi connectivity index (χ0v) is 15.7. The Balaban J connectivity index is 1.87. The van der Waals surface area contributed by atoms with Crippen molar-refractivity contribution < 1.29 is 14.6 Å². The number of carboxylic acid groups (broad SMARTS) is 1. The molecule has 0 aromatic heterocycles. The van der Waals surface area contributed by atoms with Crippen LogP contribution >= 0.6 is 15.9 Å². The molecule has 4 heteroatoms. The standard InChI is InChI=1S/C20H23BrO3/c1-20(2,19(22)23)12-3-13-24-18-10-8-17(9-11-18)16-6-4-15(14-21)5-7-16/h4-11H,3,12-14H2,1-2H3,(H,22,23). The highest BCUT2D eigenvalue weighted by Gasteiger charge is 2.26. The number of alkyl halides is 1. The number of carboxylic acids is 1. The van der Waals surface area contributed by atoms with Gasteiger partial charge >= 0.3 is 5.97 Å². The zero-order chi connectivity index (χ0) is 17.6. The van der Waals surface area contributed by atoms with Crippen molar-refractivity contribution in [2.75, 3.05) is 6.61 Å². The third-order valence-corrected chi connectivity index (χ3v) is 4.74. The monoisotopic (exact) mass is 390 g/mol. The Morgan fingerprint density at radius 3 is 2.08 bits per heavy atom. The van der Waals surface area contributed by atoms with E-state index in [2.05, 4.69) is 40.2 Å². The second-order valence-electron chi connectivity index (χ2n) is 6.50. The lowest BCUT2D eigenvalue weighted by Crippen LogP contribution is -2.24. The Bertz CT molecular complexity index is 660. The van der Waals surface area contributed by atoms with Crippen molar-refractivity contribution in [2.45, 2.75) is 32.0 Å². The first-order valence-corrected chi connectivity index (χ1v) is 9.16. The molecular weight excluding hydrogens is 368 g/mol. The van der Waals surface area contributed by atoms with E-state index in [1.807, 2.05) is 24.3 Å². The van der Waals surface area contributed by atoms with Crippen LogP contribution in [0.25, 0.3) is 11.1 Å². The Labute approximate surface area is 151 Å². The number of halogens is 1. The normalized spacial score (nSPS) is 11.3. The van der Waals surface area contributed by atoms with Crippen LogP contribution in [0.2, 0.25) is 0 Å². The largest absolute Gasteiger partial charge is 0.494 e. The van der Waals surface area contributed by atoms with E-state index in [1.54, 1.807) is 13.8 Å². The molecule has 0 aliphatic heterocycles. The van der Waals surface area contributed by atoms with Crippen molar-refractivity contribution in [3.8, 4) is 16.9 Å². The van der Waals surface area contributed by atoms with Crippen LogP contribution in [0.1, 0.15) is 32.3 Å². The van der Waals surface area contributed by atoms with Gasteiger partial charge in [0, 0.05) is 5.33 Å². The molecule has 0 bridgehead atoms. The predicted molar refractivity (Wildman–Crippen MR) is 101 cm³/mol. The summed E-state index contributed by atoms with van der Waals surface area (Å²) >= 11 is 3.45. The molecule has 0 aliphatic rings. The van der Waals surface area contributed by atoms with E-state index in [0.717, 1.165) is 23.1 Å². The zero-order valence-electron chi connectivity index (χ0n) is 14.1. The maximum absolute atomic E-state index is 11.1.